The fraction of sp³-hybridized carbons (Fsp3) is 0.111. The van der Waals surface area contributed by atoms with Crippen LogP contribution < -0.4 is 10.6 Å². The van der Waals surface area contributed by atoms with Crippen molar-refractivity contribution in [2.75, 3.05) is 10.6 Å². The van der Waals surface area contributed by atoms with Gasteiger partial charge in [0.1, 0.15) is 0 Å². The summed E-state index contributed by atoms with van der Waals surface area (Å²) in [4.78, 5) is 16.5. The van der Waals surface area contributed by atoms with Crippen molar-refractivity contribution < 1.29 is 18.0 Å². The van der Waals surface area contributed by atoms with Gasteiger partial charge in [0.05, 0.1) is 22.0 Å². The van der Waals surface area contributed by atoms with Gasteiger partial charge in [-0.05, 0) is 31.2 Å². The molecular formula is C18H14F3N3OS. The summed E-state index contributed by atoms with van der Waals surface area (Å²) in [6, 6.07) is 11.0. The number of hydrogen-bond donors (Lipinski definition) is 2. The van der Waals surface area contributed by atoms with Gasteiger partial charge in [-0.1, -0.05) is 24.3 Å². The molecule has 0 saturated carbocycles. The van der Waals surface area contributed by atoms with Crippen LogP contribution >= 0.6 is 11.3 Å². The number of benzene rings is 2. The molecule has 0 saturated heterocycles. The zero-order chi connectivity index (χ0) is 18.7. The normalized spacial score (nSPS) is 11.2. The number of amides is 2. The molecule has 26 heavy (non-hydrogen) atoms. The van der Waals surface area contributed by atoms with Gasteiger partial charge in [-0.25, -0.2) is 9.78 Å². The van der Waals surface area contributed by atoms with E-state index in [1.165, 1.54) is 29.5 Å². The number of aromatic nitrogens is 1. The first-order chi connectivity index (χ1) is 12.3. The average molecular weight is 377 g/mol. The Morgan fingerprint density at radius 3 is 2.54 bits per heavy atom. The quantitative estimate of drug-likeness (QED) is 0.608. The molecule has 0 spiro atoms. The lowest BCUT2D eigenvalue weighted by molar-refractivity contribution is -0.136. The number of urea groups is 1. The summed E-state index contributed by atoms with van der Waals surface area (Å²) in [7, 11) is 0. The van der Waals surface area contributed by atoms with E-state index in [9.17, 15) is 18.0 Å². The van der Waals surface area contributed by atoms with Crippen LogP contribution in [0.1, 0.15) is 10.6 Å². The first-order valence-corrected chi connectivity index (χ1v) is 8.48. The molecule has 1 aromatic heterocycles. The lowest BCUT2D eigenvalue weighted by Crippen LogP contribution is -2.21. The number of alkyl halides is 3. The lowest BCUT2D eigenvalue weighted by Gasteiger charge is -2.14. The summed E-state index contributed by atoms with van der Waals surface area (Å²) >= 11 is 1.51. The average Bonchev–Trinajstić information content (AvgIpc) is 3.01. The molecule has 0 fully saturated rings. The number of hydrogen-bond acceptors (Lipinski definition) is 3. The zero-order valence-electron chi connectivity index (χ0n) is 13.6. The maximum Gasteiger partial charge on any atom is 0.418 e. The molecule has 0 aliphatic carbocycles. The van der Waals surface area contributed by atoms with E-state index in [0.717, 1.165) is 22.3 Å². The summed E-state index contributed by atoms with van der Waals surface area (Å²) in [5.41, 5.74) is 0.836. The van der Waals surface area contributed by atoms with Crippen molar-refractivity contribution in [1.82, 2.24) is 4.98 Å². The predicted octanol–water partition coefficient (Wildman–Crippen LogP) is 5.78. The number of carbonyl (C=O) groups excluding carboxylic acids is 1. The van der Waals surface area contributed by atoms with Crippen LogP contribution in [0.15, 0.2) is 53.9 Å². The second kappa shape index (κ2) is 7.17. The summed E-state index contributed by atoms with van der Waals surface area (Å²) in [6.45, 7) is 1.89. The summed E-state index contributed by atoms with van der Waals surface area (Å²) in [5, 5.41) is 7.60. The number of nitrogens with one attached hydrogen (secondary N) is 2. The third-order valence-corrected chi connectivity index (χ3v) is 4.29. The molecule has 8 heteroatoms. The molecule has 4 nitrogen and oxygen atoms in total. The van der Waals surface area contributed by atoms with E-state index in [2.05, 4.69) is 15.6 Å². The Morgan fingerprint density at radius 2 is 1.85 bits per heavy atom. The van der Waals surface area contributed by atoms with E-state index >= 15 is 0 Å². The number of anilines is 2. The maximum absolute atomic E-state index is 13.0. The molecule has 0 bridgehead atoms. The molecule has 134 valence electrons. The van der Waals surface area contributed by atoms with Gasteiger partial charge < -0.3 is 10.6 Å². The van der Waals surface area contributed by atoms with Crippen molar-refractivity contribution in [2.45, 2.75) is 13.1 Å². The minimum atomic E-state index is -4.55. The second-order valence-corrected chi connectivity index (χ2v) is 6.52. The third kappa shape index (κ3) is 4.20. The van der Waals surface area contributed by atoms with E-state index in [4.69, 9.17) is 0 Å². The van der Waals surface area contributed by atoms with E-state index in [1.807, 2.05) is 18.4 Å². The van der Waals surface area contributed by atoms with Gasteiger partial charge in [-0.2, -0.15) is 13.2 Å². The minimum absolute atomic E-state index is 0.302. The van der Waals surface area contributed by atoms with Crippen molar-refractivity contribution >= 4 is 28.7 Å². The summed E-state index contributed by atoms with van der Waals surface area (Å²) < 4.78 is 39.0. The molecule has 0 atom stereocenters. The molecule has 3 aromatic rings. The number of carbonyl (C=O) groups is 1. The second-order valence-electron chi connectivity index (χ2n) is 5.46. The van der Waals surface area contributed by atoms with E-state index < -0.39 is 17.8 Å². The van der Waals surface area contributed by atoms with E-state index in [-0.39, 0.29) is 5.69 Å². The van der Waals surface area contributed by atoms with Crippen molar-refractivity contribution in [1.29, 1.82) is 0 Å². The number of rotatable bonds is 3. The van der Waals surface area contributed by atoms with E-state index in [1.54, 1.807) is 18.2 Å². The van der Waals surface area contributed by atoms with Gasteiger partial charge in [-0.3, -0.25) is 0 Å². The summed E-state index contributed by atoms with van der Waals surface area (Å²) in [5.74, 6) is 0. The molecule has 0 aliphatic rings. The van der Waals surface area contributed by atoms with Crippen molar-refractivity contribution in [2.24, 2.45) is 0 Å². The van der Waals surface area contributed by atoms with Gasteiger partial charge in [0.25, 0.3) is 0 Å². The van der Waals surface area contributed by atoms with Crippen LogP contribution in [0.2, 0.25) is 0 Å². The number of aryl methyl sites for hydroxylation is 1. The predicted molar refractivity (Wildman–Crippen MR) is 96.4 cm³/mol. The lowest BCUT2D eigenvalue weighted by atomic mass is 10.1. The SMILES string of the molecule is Cc1nc(-c2cccc(NC(=O)Nc3ccccc3C(F)(F)F)c2)cs1. The number of para-hydroxylation sites is 1. The standard InChI is InChI=1S/C18H14F3N3OS/c1-11-22-16(10-26-11)12-5-4-6-13(9-12)23-17(25)24-15-8-3-2-7-14(15)18(19,20)21/h2-10H,1H3,(H2,23,24,25). The smallest absolute Gasteiger partial charge is 0.308 e. The Hall–Kier alpha value is -2.87. The summed E-state index contributed by atoms with van der Waals surface area (Å²) in [6.07, 6.45) is -4.55. The molecule has 2 aromatic carbocycles. The fourth-order valence-electron chi connectivity index (χ4n) is 2.38. The Morgan fingerprint density at radius 1 is 1.08 bits per heavy atom. The molecule has 2 N–H and O–H groups in total. The van der Waals surface area contributed by atoms with Crippen molar-refractivity contribution in [3.8, 4) is 11.3 Å². The highest BCUT2D eigenvalue weighted by molar-refractivity contribution is 7.09. The van der Waals surface area contributed by atoms with Gasteiger partial charge >= 0.3 is 12.2 Å². The van der Waals surface area contributed by atoms with Gasteiger partial charge in [0.2, 0.25) is 0 Å². The molecular weight excluding hydrogens is 363 g/mol. The van der Waals surface area contributed by atoms with Crippen LogP contribution in [0, 0.1) is 6.92 Å². The molecule has 0 aliphatic heterocycles. The topological polar surface area (TPSA) is 54.0 Å². The van der Waals surface area contributed by atoms with Crippen LogP contribution in [-0.2, 0) is 6.18 Å². The zero-order valence-corrected chi connectivity index (χ0v) is 14.4. The first-order valence-electron chi connectivity index (χ1n) is 7.60. The number of halogens is 3. The molecule has 0 unspecified atom stereocenters. The highest BCUT2D eigenvalue weighted by Crippen LogP contribution is 2.34. The highest BCUT2D eigenvalue weighted by atomic mass is 32.1. The highest BCUT2D eigenvalue weighted by Gasteiger charge is 2.33. The molecule has 2 amide bonds. The number of nitrogens with zero attached hydrogens (tertiary/aromatic N) is 1. The fourth-order valence-corrected chi connectivity index (χ4v) is 3.00. The third-order valence-electron chi connectivity index (χ3n) is 3.52. The van der Waals surface area contributed by atoms with Crippen LogP contribution in [0.3, 0.4) is 0 Å². The van der Waals surface area contributed by atoms with Gasteiger partial charge in [-0.15, -0.1) is 11.3 Å². The van der Waals surface area contributed by atoms with Crippen LogP contribution in [-0.4, -0.2) is 11.0 Å². The van der Waals surface area contributed by atoms with E-state index in [0.29, 0.717) is 5.69 Å². The Bertz CT molecular complexity index is 937. The van der Waals surface area contributed by atoms with Gasteiger partial charge in [0, 0.05) is 16.6 Å². The Labute approximate surface area is 151 Å². The first kappa shape index (κ1) is 17.9. The van der Waals surface area contributed by atoms with Crippen molar-refractivity contribution in [3.63, 3.8) is 0 Å². The minimum Gasteiger partial charge on any atom is -0.308 e. The van der Waals surface area contributed by atoms with Crippen molar-refractivity contribution in [3.05, 3.63) is 64.5 Å². The number of thiazole rings is 1. The Kier molecular flexibility index (Phi) is 4.94. The van der Waals surface area contributed by atoms with Crippen LogP contribution in [0.4, 0.5) is 29.3 Å². The largest absolute Gasteiger partial charge is 0.418 e. The van der Waals surface area contributed by atoms with Gasteiger partial charge in [0.15, 0.2) is 0 Å². The maximum atomic E-state index is 13.0. The molecule has 1 heterocycles. The van der Waals surface area contributed by atoms with Crippen LogP contribution in [0.5, 0.6) is 0 Å². The monoisotopic (exact) mass is 377 g/mol. The molecule has 3 rings (SSSR count). The Balaban J connectivity index is 1.76. The van der Waals surface area contributed by atoms with Crippen LogP contribution in [0.25, 0.3) is 11.3 Å². The molecule has 0 radical (unpaired) electrons.